The van der Waals surface area contributed by atoms with Gasteiger partial charge in [0.25, 0.3) is 0 Å². The third kappa shape index (κ3) is 3.60. The molecule has 4 rings (SSSR count). The Morgan fingerprint density at radius 2 is 1.93 bits per heavy atom. The smallest absolute Gasteiger partial charge is 0.225 e. The molecular formula is C22H21BrN4O. The molecule has 0 aliphatic heterocycles. The molecule has 28 heavy (non-hydrogen) atoms. The van der Waals surface area contributed by atoms with Gasteiger partial charge < -0.3 is 10.3 Å². The van der Waals surface area contributed by atoms with Crippen molar-refractivity contribution in [2.75, 3.05) is 5.32 Å². The van der Waals surface area contributed by atoms with Crippen molar-refractivity contribution in [3.63, 3.8) is 0 Å². The normalized spacial score (nSPS) is 11.1. The number of aromatic amines is 1. The number of benzene rings is 2. The largest absolute Gasteiger partial charge is 0.361 e. The van der Waals surface area contributed by atoms with Crippen molar-refractivity contribution in [1.29, 1.82) is 0 Å². The minimum Gasteiger partial charge on any atom is -0.361 e. The molecule has 4 aromatic rings. The summed E-state index contributed by atoms with van der Waals surface area (Å²) >= 11 is 3.46. The number of aromatic nitrogens is 3. The van der Waals surface area contributed by atoms with Gasteiger partial charge in [-0.15, -0.1) is 0 Å². The maximum atomic E-state index is 12.7. The summed E-state index contributed by atoms with van der Waals surface area (Å²) in [6.07, 6.45) is 3.07. The molecule has 2 aromatic heterocycles. The Hall–Kier alpha value is -2.86. The van der Waals surface area contributed by atoms with Gasteiger partial charge in [-0.1, -0.05) is 46.3 Å². The number of hydrogen-bond acceptors (Lipinski definition) is 2. The van der Waals surface area contributed by atoms with Crippen molar-refractivity contribution < 1.29 is 4.79 Å². The molecule has 0 fully saturated rings. The second-order valence-electron chi connectivity index (χ2n) is 6.85. The summed E-state index contributed by atoms with van der Waals surface area (Å²) in [6.45, 7) is 1.96. The van der Waals surface area contributed by atoms with Gasteiger partial charge in [0.05, 0.1) is 5.69 Å². The molecule has 6 heteroatoms. The van der Waals surface area contributed by atoms with E-state index in [1.807, 2.05) is 62.6 Å². The summed E-state index contributed by atoms with van der Waals surface area (Å²) in [5.41, 5.74) is 5.12. The summed E-state index contributed by atoms with van der Waals surface area (Å²) in [5.74, 6) is 0.704. The number of carbonyl (C=O) groups is 1. The SMILES string of the molecule is Cc1nn(C)c(NC(=O)CCc2c[nH]c3ccccc23)c1-c1ccc(Br)cc1. The number of amides is 1. The zero-order chi connectivity index (χ0) is 19.7. The van der Waals surface area contributed by atoms with Crippen molar-refractivity contribution in [2.24, 2.45) is 7.05 Å². The predicted molar refractivity (Wildman–Crippen MR) is 116 cm³/mol. The lowest BCUT2D eigenvalue weighted by Crippen LogP contribution is -2.15. The third-order valence-electron chi connectivity index (χ3n) is 4.91. The first-order chi connectivity index (χ1) is 13.5. The van der Waals surface area contributed by atoms with E-state index in [1.165, 1.54) is 5.39 Å². The van der Waals surface area contributed by atoms with Gasteiger partial charge in [0.15, 0.2) is 0 Å². The van der Waals surface area contributed by atoms with E-state index in [0.717, 1.165) is 38.2 Å². The molecule has 5 nitrogen and oxygen atoms in total. The lowest BCUT2D eigenvalue weighted by molar-refractivity contribution is -0.116. The molecule has 2 aromatic carbocycles. The summed E-state index contributed by atoms with van der Waals surface area (Å²) in [6, 6.07) is 16.2. The molecule has 0 saturated carbocycles. The highest BCUT2D eigenvalue weighted by atomic mass is 79.9. The molecule has 142 valence electrons. The van der Waals surface area contributed by atoms with Gasteiger partial charge in [0.1, 0.15) is 5.82 Å². The Kier molecular flexibility index (Phi) is 5.05. The van der Waals surface area contributed by atoms with Gasteiger partial charge in [0.2, 0.25) is 5.91 Å². The summed E-state index contributed by atoms with van der Waals surface area (Å²) < 4.78 is 2.75. The first-order valence-corrected chi connectivity index (χ1v) is 9.96. The van der Waals surface area contributed by atoms with Crippen LogP contribution in [0.1, 0.15) is 17.7 Å². The Morgan fingerprint density at radius 3 is 2.71 bits per heavy atom. The highest BCUT2D eigenvalue weighted by molar-refractivity contribution is 9.10. The highest BCUT2D eigenvalue weighted by Gasteiger charge is 2.17. The summed E-state index contributed by atoms with van der Waals surface area (Å²) in [5, 5.41) is 8.73. The molecule has 2 N–H and O–H groups in total. The Morgan fingerprint density at radius 1 is 1.18 bits per heavy atom. The van der Waals surface area contributed by atoms with Crippen molar-refractivity contribution in [3.8, 4) is 11.1 Å². The Balaban J connectivity index is 1.52. The molecule has 0 radical (unpaired) electrons. The van der Waals surface area contributed by atoms with Crippen LogP contribution in [0.3, 0.4) is 0 Å². The number of anilines is 1. The van der Waals surface area contributed by atoms with E-state index in [1.54, 1.807) is 4.68 Å². The minimum atomic E-state index is -0.0216. The van der Waals surface area contributed by atoms with Crippen LogP contribution in [0.5, 0.6) is 0 Å². The molecule has 0 bridgehead atoms. The van der Waals surface area contributed by atoms with E-state index in [-0.39, 0.29) is 5.91 Å². The molecule has 0 aliphatic carbocycles. The molecule has 1 amide bonds. The highest BCUT2D eigenvalue weighted by Crippen LogP contribution is 2.32. The second kappa shape index (κ2) is 7.64. The van der Waals surface area contributed by atoms with E-state index in [2.05, 4.69) is 37.4 Å². The lowest BCUT2D eigenvalue weighted by atomic mass is 10.1. The number of fused-ring (bicyclic) bond motifs is 1. The van der Waals surface area contributed by atoms with Crippen molar-refractivity contribution >= 4 is 38.6 Å². The van der Waals surface area contributed by atoms with Gasteiger partial charge >= 0.3 is 0 Å². The van der Waals surface area contributed by atoms with Crippen LogP contribution in [0.25, 0.3) is 22.0 Å². The molecule has 0 spiro atoms. The number of aryl methyl sites for hydroxylation is 3. The summed E-state index contributed by atoms with van der Waals surface area (Å²) in [4.78, 5) is 15.9. The molecule has 0 atom stereocenters. The fourth-order valence-corrected chi connectivity index (χ4v) is 3.81. The fraction of sp³-hybridized carbons (Fsp3) is 0.182. The minimum absolute atomic E-state index is 0.0216. The number of carbonyl (C=O) groups excluding carboxylic acids is 1. The fourth-order valence-electron chi connectivity index (χ4n) is 3.54. The van der Waals surface area contributed by atoms with E-state index in [4.69, 9.17) is 0 Å². The van der Waals surface area contributed by atoms with Gasteiger partial charge in [-0.05, 0) is 42.7 Å². The molecule has 0 saturated heterocycles. The van der Waals surface area contributed by atoms with Crippen molar-refractivity contribution in [1.82, 2.24) is 14.8 Å². The van der Waals surface area contributed by atoms with E-state index < -0.39 is 0 Å². The standard InChI is InChI=1S/C22H21BrN4O/c1-14-21(15-7-10-17(23)11-8-15)22(27(2)26-14)25-20(28)12-9-16-13-24-19-6-4-3-5-18(16)19/h3-8,10-11,13,24H,9,12H2,1-2H3,(H,25,28). The first kappa shape index (κ1) is 18.5. The average Bonchev–Trinajstić information content (AvgIpc) is 3.22. The van der Waals surface area contributed by atoms with Crippen LogP contribution in [0.2, 0.25) is 0 Å². The molecular weight excluding hydrogens is 416 g/mol. The average molecular weight is 437 g/mol. The van der Waals surface area contributed by atoms with Crippen molar-refractivity contribution in [3.05, 3.63) is 70.5 Å². The topological polar surface area (TPSA) is 62.7 Å². The van der Waals surface area contributed by atoms with Crippen LogP contribution in [0, 0.1) is 6.92 Å². The van der Waals surface area contributed by atoms with E-state index in [0.29, 0.717) is 12.8 Å². The zero-order valence-corrected chi connectivity index (χ0v) is 17.4. The molecule has 0 aliphatic rings. The van der Waals surface area contributed by atoms with Crippen LogP contribution in [0.4, 0.5) is 5.82 Å². The Bertz CT molecular complexity index is 1140. The maximum absolute atomic E-state index is 12.7. The van der Waals surface area contributed by atoms with Gasteiger partial charge in [-0.3, -0.25) is 9.48 Å². The number of hydrogen-bond donors (Lipinski definition) is 2. The van der Waals surface area contributed by atoms with Gasteiger partial charge in [-0.2, -0.15) is 5.10 Å². The second-order valence-corrected chi connectivity index (χ2v) is 7.76. The lowest BCUT2D eigenvalue weighted by Gasteiger charge is -2.09. The number of halogens is 1. The maximum Gasteiger partial charge on any atom is 0.225 e. The zero-order valence-electron chi connectivity index (χ0n) is 15.8. The molecule has 2 heterocycles. The van der Waals surface area contributed by atoms with E-state index >= 15 is 0 Å². The van der Waals surface area contributed by atoms with Crippen LogP contribution in [0.15, 0.2) is 59.2 Å². The van der Waals surface area contributed by atoms with Crippen LogP contribution in [-0.2, 0) is 18.3 Å². The van der Waals surface area contributed by atoms with E-state index in [9.17, 15) is 4.79 Å². The molecule has 0 unspecified atom stereocenters. The van der Waals surface area contributed by atoms with Crippen molar-refractivity contribution in [2.45, 2.75) is 19.8 Å². The number of H-pyrrole nitrogens is 1. The number of rotatable bonds is 5. The predicted octanol–water partition coefficient (Wildman–Crippen LogP) is 5.21. The number of nitrogens with zero attached hydrogens (tertiary/aromatic N) is 2. The quantitative estimate of drug-likeness (QED) is 0.450. The summed E-state index contributed by atoms with van der Waals surface area (Å²) in [7, 11) is 1.85. The van der Waals surface area contributed by atoms with Crippen LogP contribution in [-0.4, -0.2) is 20.7 Å². The Labute approximate surface area is 171 Å². The first-order valence-electron chi connectivity index (χ1n) is 9.17. The van der Waals surface area contributed by atoms with Crippen LogP contribution < -0.4 is 5.32 Å². The van der Waals surface area contributed by atoms with Gasteiger partial charge in [0, 0.05) is 40.6 Å². The monoisotopic (exact) mass is 436 g/mol. The number of para-hydroxylation sites is 1. The van der Waals surface area contributed by atoms with Crippen LogP contribution >= 0.6 is 15.9 Å². The van der Waals surface area contributed by atoms with Gasteiger partial charge in [-0.25, -0.2) is 0 Å². The number of nitrogens with one attached hydrogen (secondary N) is 2. The third-order valence-corrected chi connectivity index (χ3v) is 5.44.